The molecule has 0 spiro atoms. The van der Waals surface area contributed by atoms with Crippen molar-refractivity contribution in [3.63, 3.8) is 0 Å². The van der Waals surface area contributed by atoms with Crippen LogP contribution in [0.2, 0.25) is 0 Å². The van der Waals surface area contributed by atoms with Crippen LogP contribution in [0.25, 0.3) is 11.5 Å². The number of pyridine rings is 1. The molecule has 0 bridgehead atoms. The summed E-state index contributed by atoms with van der Waals surface area (Å²) in [6, 6.07) is 13.1. The largest absolute Gasteiger partial charge is 0.497 e. The van der Waals surface area contributed by atoms with E-state index in [1.54, 1.807) is 13.3 Å². The Morgan fingerprint density at radius 1 is 1.28 bits per heavy atom. The molecule has 0 unspecified atom stereocenters. The average Bonchev–Trinajstić information content (AvgIpc) is 3.36. The van der Waals surface area contributed by atoms with Crippen LogP contribution >= 0.6 is 0 Å². The van der Waals surface area contributed by atoms with Crippen LogP contribution in [0.1, 0.15) is 23.9 Å². The molecule has 2 atom stereocenters. The SMILES string of the molecule is COc1ccc(CC(=O)N[C@H]2C[C@@H](c3nc(-c4ccccn4)no3)N(C)C2)cc1. The fourth-order valence-electron chi connectivity index (χ4n) is 3.57. The summed E-state index contributed by atoms with van der Waals surface area (Å²) in [6.07, 6.45) is 2.75. The number of nitrogens with zero attached hydrogens (tertiary/aromatic N) is 4. The molecule has 0 saturated carbocycles. The first-order valence-electron chi connectivity index (χ1n) is 9.50. The van der Waals surface area contributed by atoms with Gasteiger partial charge in [0.25, 0.3) is 0 Å². The van der Waals surface area contributed by atoms with Crippen LogP contribution in [-0.2, 0) is 11.2 Å². The Morgan fingerprint density at radius 2 is 2.10 bits per heavy atom. The zero-order valence-electron chi connectivity index (χ0n) is 16.4. The molecular formula is C21H23N5O3. The van der Waals surface area contributed by atoms with Crippen LogP contribution in [0.15, 0.2) is 53.2 Å². The Bertz CT molecular complexity index is 958. The summed E-state index contributed by atoms with van der Waals surface area (Å²) in [7, 11) is 3.61. The number of hydrogen-bond donors (Lipinski definition) is 1. The number of methoxy groups -OCH3 is 1. The predicted octanol–water partition coefficient (Wildman–Crippen LogP) is 2.24. The highest BCUT2D eigenvalue weighted by Gasteiger charge is 2.35. The molecule has 2 aromatic heterocycles. The second-order valence-corrected chi connectivity index (χ2v) is 7.15. The van der Waals surface area contributed by atoms with Crippen LogP contribution in [0.3, 0.4) is 0 Å². The van der Waals surface area contributed by atoms with Crippen molar-refractivity contribution >= 4 is 5.91 Å². The van der Waals surface area contributed by atoms with E-state index in [1.807, 2.05) is 49.5 Å². The molecule has 4 rings (SSSR count). The first-order valence-corrected chi connectivity index (χ1v) is 9.50. The van der Waals surface area contributed by atoms with E-state index in [0.29, 0.717) is 30.3 Å². The molecular weight excluding hydrogens is 370 g/mol. The Labute approximate surface area is 168 Å². The van der Waals surface area contributed by atoms with Gasteiger partial charge < -0.3 is 14.6 Å². The van der Waals surface area contributed by atoms with Crippen molar-refractivity contribution in [3.8, 4) is 17.3 Å². The fourth-order valence-corrected chi connectivity index (χ4v) is 3.57. The lowest BCUT2D eigenvalue weighted by Gasteiger charge is -2.14. The van der Waals surface area contributed by atoms with E-state index in [4.69, 9.17) is 9.26 Å². The van der Waals surface area contributed by atoms with Crippen molar-refractivity contribution in [2.24, 2.45) is 0 Å². The Balaban J connectivity index is 1.36. The minimum atomic E-state index is -0.0359. The first kappa shape index (κ1) is 19.1. The maximum Gasteiger partial charge on any atom is 0.244 e. The molecule has 8 nitrogen and oxygen atoms in total. The van der Waals surface area contributed by atoms with Crippen molar-refractivity contribution < 1.29 is 14.1 Å². The third-order valence-corrected chi connectivity index (χ3v) is 5.06. The summed E-state index contributed by atoms with van der Waals surface area (Å²) in [5.74, 6) is 1.79. The maximum atomic E-state index is 12.4. The van der Waals surface area contributed by atoms with Crippen molar-refractivity contribution in [1.82, 2.24) is 25.3 Å². The van der Waals surface area contributed by atoms with Crippen molar-refractivity contribution in [3.05, 3.63) is 60.1 Å². The van der Waals surface area contributed by atoms with Crippen LogP contribution in [-0.4, -0.2) is 52.7 Å². The van der Waals surface area contributed by atoms with Gasteiger partial charge in [-0.3, -0.25) is 14.7 Å². The van der Waals surface area contributed by atoms with E-state index in [2.05, 4.69) is 25.3 Å². The van der Waals surface area contributed by atoms with E-state index in [1.165, 1.54) is 0 Å². The quantitative estimate of drug-likeness (QED) is 0.686. The standard InChI is InChI=1S/C21H23N5O3/c1-26-13-15(23-19(27)11-14-6-8-16(28-2)9-7-14)12-18(26)21-24-20(25-29-21)17-5-3-4-10-22-17/h3-10,15,18H,11-13H2,1-2H3,(H,23,27)/t15-,18-/m0/s1. The Hall–Kier alpha value is -3.26. The maximum absolute atomic E-state index is 12.4. The second kappa shape index (κ2) is 8.40. The van der Waals surface area contributed by atoms with Crippen molar-refractivity contribution in [1.29, 1.82) is 0 Å². The highest BCUT2D eigenvalue weighted by atomic mass is 16.5. The van der Waals surface area contributed by atoms with E-state index in [9.17, 15) is 4.79 Å². The molecule has 1 amide bonds. The summed E-state index contributed by atoms with van der Waals surface area (Å²) in [4.78, 5) is 23.3. The Kier molecular flexibility index (Phi) is 5.53. The lowest BCUT2D eigenvalue weighted by molar-refractivity contribution is -0.121. The van der Waals surface area contributed by atoms with Gasteiger partial charge in [-0.1, -0.05) is 23.4 Å². The summed E-state index contributed by atoms with van der Waals surface area (Å²) in [5.41, 5.74) is 1.62. The van der Waals surface area contributed by atoms with E-state index >= 15 is 0 Å². The van der Waals surface area contributed by atoms with Crippen molar-refractivity contribution in [2.45, 2.75) is 24.9 Å². The number of nitrogens with one attached hydrogen (secondary N) is 1. The number of carbonyl (C=O) groups excluding carboxylic acids is 1. The number of aromatic nitrogens is 3. The van der Waals surface area contributed by atoms with Gasteiger partial charge in [-0.2, -0.15) is 4.98 Å². The summed E-state index contributed by atoms with van der Waals surface area (Å²) in [5, 5.41) is 7.16. The van der Waals surface area contributed by atoms with Gasteiger partial charge in [-0.25, -0.2) is 0 Å². The monoisotopic (exact) mass is 393 g/mol. The highest BCUT2D eigenvalue weighted by Crippen LogP contribution is 2.30. The topological polar surface area (TPSA) is 93.4 Å². The third kappa shape index (κ3) is 4.43. The fraction of sp³-hybridized carbons (Fsp3) is 0.333. The summed E-state index contributed by atoms with van der Waals surface area (Å²) >= 11 is 0. The van der Waals surface area contributed by atoms with E-state index in [-0.39, 0.29) is 18.0 Å². The molecule has 0 aliphatic carbocycles. The molecule has 1 fully saturated rings. The normalized spacial score (nSPS) is 19.2. The van der Waals surface area contributed by atoms with Crippen LogP contribution in [0.4, 0.5) is 0 Å². The van der Waals surface area contributed by atoms with Gasteiger partial charge in [0.15, 0.2) is 0 Å². The number of ether oxygens (including phenoxy) is 1. The molecule has 1 saturated heterocycles. The summed E-state index contributed by atoms with van der Waals surface area (Å²) < 4.78 is 10.6. The zero-order valence-corrected chi connectivity index (χ0v) is 16.4. The molecule has 1 aliphatic heterocycles. The van der Waals surface area contributed by atoms with E-state index in [0.717, 1.165) is 17.9 Å². The number of likely N-dealkylation sites (N-methyl/N-ethyl adjacent to an activating group) is 1. The van der Waals surface area contributed by atoms with Gasteiger partial charge in [0.05, 0.1) is 19.6 Å². The van der Waals surface area contributed by atoms with Crippen LogP contribution < -0.4 is 10.1 Å². The lowest BCUT2D eigenvalue weighted by atomic mass is 10.1. The number of hydrogen-bond acceptors (Lipinski definition) is 7. The van der Waals surface area contributed by atoms with Gasteiger partial charge >= 0.3 is 0 Å². The molecule has 8 heteroatoms. The molecule has 1 N–H and O–H groups in total. The van der Waals surface area contributed by atoms with E-state index < -0.39 is 0 Å². The van der Waals surface area contributed by atoms with Crippen LogP contribution in [0, 0.1) is 0 Å². The zero-order chi connectivity index (χ0) is 20.2. The number of rotatable bonds is 6. The molecule has 1 aromatic carbocycles. The molecule has 150 valence electrons. The van der Waals surface area contributed by atoms with Gasteiger partial charge in [0.2, 0.25) is 17.6 Å². The minimum Gasteiger partial charge on any atom is -0.497 e. The predicted molar refractivity (Wildman–Crippen MR) is 106 cm³/mol. The third-order valence-electron chi connectivity index (χ3n) is 5.06. The first-order chi connectivity index (χ1) is 14.1. The number of carbonyl (C=O) groups is 1. The number of amides is 1. The van der Waals surface area contributed by atoms with Gasteiger partial charge in [-0.05, 0) is 43.3 Å². The highest BCUT2D eigenvalue weighted by molar-refractivity contribution is 5.79. The Morgan fingerprint density at radius 3 is 2.83 bits per heavy atom. The second-order valence-electron chi connectivity index (χ2n) is 7.15. The molecule has 29 heavy (non-hydrogen) atoms. The number of likely N-dealkylation sites (tertiary alicyclic amines) is 1. The van der Waals surface area contributed by atoms with Crippen LogP contribution in [0.5, 0.6) is 5.75 Å². The van der Waals surface area contributed by atoms with Crippen molar-refractivity contribution in [2.75, 3.05) is 20.7 Å². The lowest BCUT2D eigenvalue weighted by Crippen LogP contribution is -2.37. The minimum absolute atomic E-state index is 0.00563. The molecule has 0 radical (unpaired) electrons. The van der Waals surface area contributed by atoms with Gasteiger partial charge in [0, 0.05) is 18.8 Å². The van der Waals surface area contributed by atoms with Gasteiger partial charge in [-0.15, -0.1) is 0 Å². The number of benzene rings is 1. The molecule has 3 aromatic rings. The summed E-state index contributed by atoms with van der Waals surface area (Å²) in [6.45, 7) is 0.723. The average molecular weight is 393 g/mol. The molecule has 1 aliphatic rings. The smallest absolute Gasteiger partial charge is 0.244 e. The molecule has 3 heterocycles. The van der Waals surface area contributed by atoms with Gasteiger partial charge in [0.1, 0.15) is 11.4 Å².